The molecule has 0 radical (unpaired) electrons. The summed E-state index contributed by atoms with van der Waals surface area (Å²) >= 11 is 6.12. The molecule has 1 aromatic heterocycles. The zero-order chi connectivity index (χ0) is 24.5. The smallest absolute Gasteiger partial charge is 0.231 e. The minimum absolute atomic E-state index is 0.134. The summed E-state index contributed by atoms with van der Waals surface area (Å²) in [5, 5.41) is 20.9. The number of aliphatic hydroxyl groups is 2. The summed E-state index contributed by atoms with van der Waals surface area (Å²) in [6.07, 6.45) is 2.94. The number of benzene rings is 1. The van der Waals surface area contributed by atoms with Crippen LogP contribution in [0.3, 0.4) is 0 Å². The van der Waals surface area contributed by atoms with Crippen LogP contribution in [-0.2, 0) is 4.79 Å². The molecule has 2 aliphatic heterocycles. The van der Waals surface area contributed by atoms with E-state index < -0.39 is 6.10 Å². The molecule has 5 rings (SSSR count). The normalized spacial score (nSPS) is 24.5. The van der Waals surface area contributed by atoms with E-state index in [4.69, 9.17) is 11.6 Å². The molecule has 0 spiro atoms. The van der Waals surface area contributed by atoms with Gasteiger partial charge >= 0.3 is 0 Å². The number of carbonyl (C=O) groups excluding carboxylic acids is 1. The van der Waals surface area contributed by atoms with E-state index >= 15 is 0 Å². The highest BCUT2D eigenvalue weighted by atomic mass is 35.5. The molecular formula is C26H34ClN5O3. The number of hydrogen-bond donors (Lipinski definition) is 2. The molecule has 8 nitrogen and oxygen atoms in total. The maximum atomic E-state index is 13.8. The van der Waals surface area contributed by atoms with Crippen molar-refractivity contribution in [3.63, 3.8) is 0 Å². The van der Waals surface area contributed by atoms with Crippen molar-refractivity contribution in [3.05, 3.63) is 52.4 Å². The number of amides is 1. The number of fused-ring (bicyclic) bond motifs is 1. The Morgan fingerprint density at radius 3 is 2.43 bits per heavy atom. The predicted molar refractivity (Wildman–Crippen MR) is 135 cm³/mol. The monoisotopic (exact) mass is 499 g/mol. The number of aliphatic hydroxyl groups excluding tert-OH is 2. The first-order chi connectivity index (χ1) is 16.9. The lowest BCUT2D eigenvalue weighted by atomic mass is 9.95. The van der Waals surface area contributed by atoms with E-state index in [1.54, 1.807) is 6.33 Å². The van der Waals surface area contributed by atoms with Crippen LogP contribution in [0.4, 0.5) is 5.82 Å². The third kappa shape index (κ3) is 5.16. The largest absolute Gasteiger partial charge is 0.393 e. The van der Waals surface area contributed by atoms with Gasteiger partial charge in [0.05, 0.1) is 23.8 Å². The van der Waals surface area contributed by atoms with Crippen molar-refractivity contribution in [1.29, 1.82) is 0 Å². The van der Waals surface area contributed by atoms with Gasteiger partial charge in [0.25, 0.3) is 0 Å². The van der Waals surface area contributed by atoms with Crippen LogP contribution in [-0.4, -0.2) is 87.8 Å². The highest BCUT2D eigenvalue weighted by Gasteiger charge is 2.35. The van der Waals surface area contributed by atoms with Crippen LogP contribution < -0.4 is 4.90 Å². The molecule has 35 heavy (non-hydrogen) atoms. The molecule has 9 heteroatoms. The average Bonchev–Trinajstić information content (AvgIpc) is 3.17. The SMILES string of the molecule is C[C@@H]1C[C@@H](O)c2ncnc(N3CCN(C(=O)C(CN4CCC(O)CC4)c4ccc(Cl)cc4)CC3)c21. The summed E-state index contributed by atoms with van der Waals surface area (Å²) < 4.78 is 0. The molecule has 1 unspecified atom stereocenters. The molecule has 3 heterocycles. The quantitative estimate of drug-likeness (QED) is 0.653. The van der Waals surface area contributed by atoms with Gasteiger partial charge in [-0.2, -0.15) is 0 Å². The van der Waals surface area contributed by atoms with Crippen LogP contribution in [0, 0.1) is 0 Å². The number of piperidine rings is 1. The number of likely N-dealkylation sites (tertiary alicyclic amines) is 1. The van der Waals surface area contributed by atoms with Gasteiger partial charge in [-0.3, -0.25) is 4.79 Å². The Labute approximate surface area is 211 Å². The number of anilines is 1. The number of carbonyl (C=O) groups is 1. The number of piperazine rings is 1. The molecule has 2 fully saturated rings. The summed E-state index contributed by atoms with van der Waals surface area (Å²) in [5.41, 5.74) is 2.77. The van der Waals surface area contributed by atoms with Gasteiger partial charge < -0.3 is 24.9 Å². The van der Waals surface area contributed by atoms with Crippen molar-refractivity contribution in [1.82, 2.24) is 19.8 Å². The summed E-state index contributed by atoms with van der Waals surface area (Å²) in [6, 6.07) is 7.61. The van der Waals surface area contributed by atoms with Gasteiger partial charge in [-0.25, -0.2) is 9.97 Å². The summed E-state index contributed by atoms with van der Waals surface area (Å²) in [4.78, 5) is 29.2. The Morgan fingerprint density at radius 2 is 1.74 bits per heavy atom. The Kier molecular flexibility index (Phi) is 7.25. The lowest BCUT2D eigenvalue weighted by Crippen LogP contribution is -2.52. The highest BCUT2D eigenvalue weighted by molar-refractivity contribution is 6.30. The topological polar surface area (TPSA) is 93.0 Å². The van der Waals surface area contributed by atoms with Gasteiger partial charge in [0.1, 0.15) is 12.1 Å². The second kappa shape index (κ2) is 10.4. The van der Waals surface area contributed by atoms with Gasteiger partial charge in [-0.15, -0.1) is 0 Å². The van der Waals surface area contributed by atoms with Crippen molar-refractivity contribution in [2.75, 3.05) is 50.7 Å². The maximum Gasteiger partial charge on any atom is 0.231 e. The van der Waals surface area contributed by atoms with Crippen LogP contribution in [0.15, 0.2) is 30.6 Å². The van der Waals surface area contributed by atoms with E-state index in [2.05, 4.69) is 26.7 Å². The van der Waals surface area contributed by atoms with E-state index in [1.165, 1.54) is 0 Å². The third-order valence-corrected chi connectivity index (χ3v) is 7.99. The van der Waals surface area contributed by atoms with Gasteiger partial charge in [0, 0.05) is 56.4 Å². The summed E-state index contributed by atoms with van der Waals surface area (Å²) in [7, 11) is 0. The van der Waals surface area contributed by atoms with Crippen molar-refractivity contribution >= 4 is 23.3 Å². The molecular weight excluding hydrogens is 466 g/mol. The van der Waals surface area contributed by atoms with Gasteiger partial charge in [-0.05, 0) is 42.9 Å². The number of aromatic nitrogens is 2. The molecule has 3 atom stereocenters. The molecule has 3 aliphatic rings. The maximum absolute atomic E-state index is 13.8. The minimum atomic E-state index is -0.527. The molecule has 0 saturated carbocycles. The molecule has 2 saturated heterocycles. The van der Waals surface area contributed by atoms with Crippen molar-refractivity contribution in [2.24, 2.45) is 0 Å². The van der Waals surface area contributed by atoms with E-state index in [1.807, 2.05) is 29.2 Å². The van der Waals surface area contributed by atoms with Crippen LogP contribution in [0.5, 0.6) is 0 Å². The first kappa shape index (κ1) is 24.4. The van der Waals surface area contributed by atoms with Crippen LogP contribution in [0.2, 0.25) is 5.02 Å². The average molecular weight is 500 g/mol. The van der Waals surface area contributed by atoms with E-state index in [0.717, 1.165) is 48.6 Å². The van der Waals surface area contributed by atoms with Crippen LogP contribution >= 0.6 is 11.6 Å². The Balaban J connectivity index is 1.29. The lowest BCUT2D eigenvalue weighted by molar-refractivity contribution is -0.133. The first-order valence-electron chi connectivity index (χ1n) is 12.6. The summed E-state index contributed by atoms with van der Waals surface area (Å²) in [6.45, 7) is 6.99. The van der Waals surface area contributed by atoms with Gasteiger partial charge in [-0.1, -0.05) is 30.7 Å². The van der Waals surface area contributed by atoms with Gasteiger partial charge in [0.2, 0.25) is 5.91 Å². The fourth-order valence-corrected chi connectivity index (χ4v) is 5.82. The Hall–Kier alpha value is -2.26. The molecule has 2 N–H and O–H groups in total. The first-order valence-corrected chi connectivity index (χ1v) is 13.0. The highest BCUT2D eigenvalue weighted by Crippen LogP contribution is 2.42. The zero-order valence-electron chi connectivity index (χ0n) is 20.2. The van der Waals surface area contributed by atoms with E-state index in [9.17, 15) is 15.0 Å². The Morgan fingerprint density at radius 1 is 1.06 bits per heavy atom. The number of rotatable bonds is 5. The van der Waals surface area contributed by atoms with Crippen molar-refractivity contribution in [2.45, 2.75) is 50.2 Å². The Bertz CT molecular complexity index is 1040. The van der Waals surface area contributed by atoms with E-state index in [-0.39, 0.29) is 23.8 Å². The molecule has 1 aromatic carbocycles. The number of hydrogen-bond acceptors (Lipinski definition) is 7. The van der Waals surface area contributed by atoms with Crippen LogP contribution in [0.1, 0.15) is 60.9 Å². The minimum Gasteiger partial charge on any atom is -0.393 e. The fourth-order valence-electron chi connectivity index (χ4n) is 5.69. The van der Waals surface area contributed by atoms with Gasteiger partial charge in [0.15, 0.2) is 0 Å². The molecule has 1 aliphatic carbocycles. The van der Waals surface area contributed by atoms with E-state index in [0.29, 0.717) is 44.2 Å². The molecule has 1 amide bonds. The second-order valence-corrected chi connectivity index (χ2v) is 10.5. The molecule has 0 bridgehead atoms. The fraction of sp³-hybridized carbons (Fsp3) is 0.577. The standard InChI is InChI=1S/C26H34ClN5O3/c1-17-14-22(34)24-23(17)25(29-16-28-24)31-10-12-32(13-11-31)26(35)21(18-2-4-19(27)5-3-18)15-30-8-6-20(33)7-9-30/h2-5,16-17,20-22,33-34H,6-15H2,1H3/t17-,21?,22-/m1/s1. The van der Waals surface area contributed by atoms with Crippen molar-refractivity contribution in [3.8, 4) is 0 Å². The summed E-state index contributed by atoms with van der Waals surface area (Å²) in [5.74, 6) is 0.975. The second-order valence-electron chi connectivity index (χ2n) is 10.1. The molecule has 2 aromatic rings. The number of nitrogens with zero attached hydrogens (tertiary/aromatic N) is 5. The zero-order valence-corrected chi connectivity index (χ0v) is 20.9. The lowest BCUT2D eigenvalue weighted by Gasteiger charge is -2.39. The predicted octanol–water partition coefficient (Wildman–Crippen LogP) is 2.56. The van der Waals surface area contributed by atoms with Crippen LogP contribution in [0.25, 0.3) is 0 Å². The molecule has 188 valence electrons. The van der Waals surface area contributed by atoms with Crippen molar-refractivity contribution < 1.29 is 15.0 Å². The number of halogens is 1. The third-order valence-electron chi connectivity index (χ3n) is 7.74.